The summed E-state index contributed by atoms with van der Waals surface area (Å²) in [7, 11) is 0. The normalized spacial score (nSPS) is 18.4. The number of carbonyl (C=O) groups excluding carboxylic acids is 1. The van der Waals surface area contributed by atoms with Crippen LogP contribution in [0, 0.1) is 5.92 Å². The predicted octanol–water partition coefficient (Wildman–Crippen LogP) is 1.32. The highest BCUT2D eigenvalue weighted by atomic mass is 32.1. The first-order valence-corrected chi connectivity index (χ1v) is 7.96. The fourth-order valence-corrected chi connectivity index (χ4v) is 3.26. The van der Waals surface area contributed by atoms with Gasteiger partial charge in [0.1, 0.15) is 0 Å². The quantitative estimate of drug-likeness (QED) is 0.918. The summed E-state index contributed by atoms with van der Waals surface area (Å²) in [5, 5.41) is 19.0. The average molecular weight is 320 g/mol. The van der Waals surface area contributed by atoms with Crippen LogP contribution in [0.5, 0.6) is 0 Å². The van der Waals surface area contributed by atoms with E-state index in [4.69, 9.17) is 5.11 Å². The van der Waals surface area contributed by atoms with Gasteiger partial charge in [0.2, 0.25) is 0 Å². The van der Waals surface area contributed by atoms with Crippen molar-refractivity contribution < 1.29 is 14.7 Å². The molecule has 1 aliphatic heterocycles. The maximum atomic E-state index is 12.4. The Labute approximate surface area is 131 Å². The molecule has 3 rings (SSSR count). The van der Waals surface area contributed by atoms with Gasteiger partial charge in [-0.2, -0.15) is 0 Å². The monoisotopic (exact) mass is 320 g/mol. The summed E-state index contributed by atoms with van der Waals surface area (Å²) in [5.41, 5.74) is 0.266. The van der Waals surface area contributed by atoms with Crippen LogP contribution in [0.1, 0.15) is 28.2 Å². The topological polar surface area (TPSA) is 88.3 Å². The molecular weight excluding hydrogens is 304 g/mol. The third-order valence-corrected chi connectivity index (χ3v) is 4.57. The highest BCUT2D eigenvalue weighted by Gasteiger charge is 2.29. The molecule has 0 spiro atoms. The molecule has 1 fully saturated rings. The number of aromatic nitrogens is 3. The highest BCUT2D eigenvalue weighted by Crippen LogP contribution is 2.18. The van der Waals surface area contributed by atoms with Crippen LogP contribution in [-0.2, 0) is 11.3 Å². The zero-order valence-corrected chi connectivity index (χ0v) is 12.7. The Morgan fingerprint density at radius 1 is 1.45 bits per heavy atom. The largest absolute Gasteiger partial charge is 0.481 e. The minimum atomic E-state index is -0.848. The Kier molecular flexibility index (Phi) is 4.19. The van der Waals surface area contributed by atoms with Gasteiger partial charge in [0, 0.05) is 18.0 Å². The van der Waals surface area contributed by atoms with Gasteiger partial charge in [0.25, 0.3) is 5.91 Å². The first-order valence-electron chi connectivity index (χ1n) is 7.08. The van der Waals surface area contributed by atoms with Crippen LogP contribution in [0.25, 0.3) is 0 Å². The Bertz CT molecular complexity index is 667. The number of carboxylic acid groups (broad SMARTS) is 1. The van der Waals surface area contributed by atoms with E-state index in [2.05, 4.69) is 10.3 Å². The molecule has 7 nitrogen and oxygen atoms in total. The molecule has 0 bridgehead atoms. The summed E-state index contributed by atoms with van der Waals surface area (Å²) in [6, 6.07) is 3.96. The molecule has 0 aromatic carbocycles. The molecule has 1 amide bonds. The van der Waals surface area contributed by atoms with Crippen molar-refractivity contribution in [2.45, 2.75) is 19.4 Å². The van der Waals surface area contributed by atoms with E-state index in [1.165, 1.54) is 0 Å². The van der Waals surface area contributed by atoms with E-state index >= 15 is 0 Å². The van der Waals surface area contributed by atoms with E-state index < -0.39 is 11.9 Å². The zero-order chi connectivity index (χ0) is 15.5. The second-order valence-electron chi connectivity index (χ2n) is 5.31. The van der Waals surface area contributed by atoms with Crippen molar-refractivity contribution in [2.24, 2.45) is 5.92 Å². The lowest BCUT2D eigenvalue weighted by Gasteiger charge is -2.29. The molecule has 8 heteroatoms. The van der Waals surface area contributed by atoms with Crippen LogP contribution in [0.3, 0.4) is 0 Å². The van der Waals surface area contributed by atoms with Crippen LogP contribution in [0.15, 0.2) is 23.7 Å². The molecule has 1 saturated heterocycles. The number of hydrogen-bond acceptors (Lipinski definition) is 5. The molecule has 2 aromatic heterocycles. The summed E-state index contributed by atoms with van der Waals surface area (Å²) in [6.45, 7) is 1.39. The average Bonchev–Trinajstić information content (AvgIpc) is 3.19. The summed E-state index contributed by atoms with van der Waals surface area (Å²) >= 11 is 1.62. The maximum absolute atomic E-state index is 12.4. The van der Waals surface area contributed by atoms with E-state index in [9.17, 15) is 9.59 Å². The van der Waals surface area contributed by atoms with Crippen molar-refractivity contribution in [1.82, 2.24) is 19.9 Å². The molecule has 0 radical (unpaired) electrons. The summed E-state index contributed by atoms with van der Waals surface area (Å²) in [6.07, 6.45) is 2.93. The number of hydrogen-bond donors (Lipinski definition) is 1. The molecule has 0 saturated carbocycles. The van der Waals surface area contributed by atoms with Crippen molar-refractivity contribution in [3.63, 3.8) is 0 Å². The van der Waals surface area contributed by atoms with Crippen molar-refractivity contribution in [2.75, 3.05) is 13.1 Å². The third kappa shape index (κ3) is 3.16. The number of carboxylic acids is 1. The third-order valence-electron chi connectivity index (χ3n) is 3.71. The maximum Gasteiger partial charge on any atom is 0.308 e. The summed E-state index contributed by atoms with van der Waals surface area (Å²) < 4.78 is 1.62. The fraction of sp³-hybridized carbons (Fsp3) is 0.429. The molecule has 3 heterocycles. The molecule has 1 atom stereocenters. The van der Waals surface area contributed by atoms with Crippen molar-refractivity contribution >= 4 is 23.2 Å². The standard InChI is InChI=1S/C14H16N4O3S/c19-13(17-5-1-3-10(7-17)14(20)21)12-9-18(16-15-12)8-11-4-2-6-22-11/h2,4,6,9-10H,1,3,5,7-8H2,(H,20,21)/t10-/m0/s1. The minimum absolute atomic E-state index is 0.242. The SMILES string of the molecule is O=C(O)[C@H]1CCCN(C(=O)c2cn(Cc3cccs3)nn2)C1. The molecular formula is C14H16N4O3S. The van der Waals surface area contributed by atoms with E-state index in [0.717, 1.165) is 4.88 Å². The van der Waals surface area contributed by atoms with Gasteiger partial charge < -0.3 is 10.0 Å². The molecule has 0 aliphatic carbocycles. The second kappa shape index (κ2) is 6.27. The van der Waals surface area contributed by atoms with Crippen LogP contribution < -0.4 is 0 Å². The van der Waals surface area contributed by atoms with Crippen molar-refractivity contribution in [1.29, 1.82) is 0 Å². The van der Waals surface area contributed by atoms with Gasteiger partial charge in [-0.3, -0.25) is 9.59 Å². The highest BCUT2D eigenvalue weighted by molar-refractivity contribution is 7.09. The number of amides is 1. The van der Waals surface area contributed by atoms with Gasteiger partial charge >= 0.3 is 5.97 Å². The predicted molar refractivity (Wildman–Crippen MR) is 79.7 cm³/mol. The van der Waals surface area contributed by atoms with Gasteiger partial charge in [-0.25, -0.2) is 4.68 Å². The lowest BCUT2D eigenvalue weighted by molar-refractivity contribution is -0.143. The number of nitrogens with zero attached hydrogens (tertiary/aromatic N) is 4. The Hall–Kier alpha value is -2.22. The summed E-state index contributed by atoms with van der Waals surface area (Å²) in [5.74, 6) is -1.58. The first-order chi connectivity index (χ1) is 10.6. The fourth-order valence-electron chi connectivity index (χ4n) is 2.56. The number of piperidine rings is 1. The lowest BCUT2D eigenvalue weighted by atomic mass is 9.98. The van der Waals surface area contributed by atoms with E-state index in [1.54, 1.807) is 27.1 Å². The summed E-state index contributed by atoms with van der Waals surface area (Å²) in [4.78, 5) is 26.2. The van der Waals surface area contributed by atoms with Gasteiger partial charge in [0.05, 0.1) is 18.7 Å². The second-order valence-corrected chi connectivity index (χ2v) is 6.34. The Morgan fingerprint density at radius 2 is 2.32 bits per heavy atom. The Balaban J connectivity index is 1.67. The number of aliphatic carboxylic acids is 1. The van der Waals surface area contributed by atoms with Gasteiger partial charge in [-0.1, -0.05) is 11.3 Å². The van der Waals surface area contributed by atoms with Crippen molar-refractivity contribution in [3.8, 4) is 0 Å². The molecule has 2 aromatic rings. The van der Waals surface area contributed by atoms with Crippen molar-refractivity contribution in [3.05, 3.63) is 34.3 Å². The first kappa shape index (κ1) is 14.7. The van der Waals surface area contributed by atoms with E-state index in [-0.39, 0.29) is 18.1 Å². The molecule has 0 unspecified atom stereocenters. The van der Waals surface area contributed by atoms with Crippen LogP contribution in [-0.4, -0.2) is 50.0 Å². The van der Waals surface area contributed by atoms with Gasteiger partial charge in [-0.15, -0.1) is 16.4 Å². The van der Waals surface area contributed by atoms with Gasteiger partial charge in [0.15, 0.2) is 5.69 Å². The molecule has 1 N–H and O–H groups in total. The number of likely N-dealkylation sites (tertiary alicyclic amines) is 1. The number of rotatable bonds is 4. The number of thiophene rings is 1. The molecule has 116 valence electrons. The van der Waals surface area contributed by atoms with Crippen LogP contribution in [0.2, 0.25) is 0 Å². The Morgan fingerprint density at radius 3 is 3.05 bits per heavy atom. The molecule has 22 heavy (non-hydrogen) atoms. The molecule has 1 aliphatic rings. The minimum Gasteiger partial charge on any atom is -0.481 e. The van der Waals surface area contributed by atoms with E-state index in [1.807, 2.05) is 17.5 Å². The zero-order valence-electron chi connectivity index (χ0n) is 11.9. The van der Waals surface area contributed by atoms with E-state index in [0.29, 0.717) is 25.9 Å². The smallest absolute Gasteiger partial charge is 0.308 e. The van der Waals surface area contributed by atoms with Crippen LogP contribution in [0.4, 0.5) is 0 Å². The lowest BCUT2D eigenvalue weighted by Crippen LogP contribution is -2.42. The van der Waals surface area contributed by atoms with Gasteiger partial charge in [-0.05, 0) is 24.3 Å². The van der Waals surface area contributed by atoms with Crippen LogP contribution >= 0.6 is 11.3 Å². The number of carbonyl (C=O) groups is 2.